The second kappa shape index (κ2) is 2.76. The molecule has 0 amide bonds. The molecule has 11 heavy (non-hydrogen) atoms. The molecule has 1 heterocycles. The van der Waals surface area contributed by atoms with Crippen LogP contribution < -0.4 is 0 Å². The third-order valence-electron chi connectivity index (χ3n) is 3.18. The van der Waals surface area contributed by atoms with Crippen LogP contribution >= 0.6 is 0 Å². The fourth-order valence-electron chi connectivity index (χ4n) is 2.27. The van der Waals surface area contributed by atoms with Crippen LogP contribution in [0.2, 0.25) is 0 Å². The molecule has 1 saturated carbocycles. The molecule has 2 nitrogen and oxygen atoms in total. The predicted octanol–water partition coefficient (Wildman–Crippen LogP) is 0.997. The maximum atomic E-state index is 8.88. The molecule has 1 saturated heterocycles. The van der Waals surface area contributed by atoms with E-state index in [9.17, 15) is 0 Å². The van der Waals surface area contributed by atoms with E-state index in [2.05, 4.69) is 4.90 Å². The average molecular weight is 155 g/mol. The van der Waals surface area contributed by atoms with Crippen molar-refractivity contribution < 1.29 is 5.11 Å². The first-order chi connectivity index (χ1) is 5.37. The molecule has 1 N–H and O–H groups in total. The highest BCUT2D eigenvalue weighted by Crippen LogP contribution is 2.45. The van der Waals surface area contributed by atoms with Gasteiger partial charge in [0.05, 0.1) is 0 Å². The first-order valence-corrected chi connectivity index (χ1v) is 4.73. The molecule has 0 spiro atoms. The van der Waals surface area contributed by atoms with Gasteiger partial charge < -0.3 is 5.11 Å². The van der Waals surface area contributed by atoms with Gasteiger partial charge in [0.1, 0.15) is 0 Å². The largest absolute Gasteiger partial charge is 0.396 e. The summed E-state index contributed by atoms with van der Waals surface area (Å²) in [5, 5.41) is 8.88. The molecule has 0 unspecified atom stereocenters. The zero-order valence-electron chi connectivity index (χ0n) is 7.05. The van der Waals surface area contributed by atoms with Crippen molar-refractivity contribution in [1.82, 2.24) is 4.90 Å². The molecule has 1 aliphatic heterocycles. The quantitative estimate of drug-likeness (QED) is 0.657. The van der Waals surface area contributed by atoms with Crippen LogP contribution in [0.5, 0.6) is 0 Å². The molecule has 2 heteroatoms. The summed E-state index contributed by atoms with van der Waals surface area (Å²) in [5.74, 6) is 0. The van der Waals surface area contributed by atoms with Gasteiger partial charge in [-0.15, -0.1) is 0 Å². The Kier molecular flexibility index (Phi) is 1.90. The van der Waals surface area contributed by atoms with E-state index < -0.39 is 0 Å². The fraction of sp³-hybridized carbons (Fsp3) is 1.00. The van der Waals surface area contributed by atoms with Crippen LogP contribution in [0.25, 0.3) is 0 Å². The summed E-state index contributed by atoms with van der Waals surface area (Å²) in [7, 11) is 0. The Hall–Kier alpha value is -0.0800. The summed E-state index contributed by atoms with van der Waals surface area (Å²) >= 11 is 0. The van der Waals surface area contributed by atoms with Crippen LogP contribution in [0.15, 0.2) is 0 Å². The summed E-state index contributed by atoms with van der Waals surface area (Å²) in [6.07, 6.45) is 6.40. The van der Waals surface area contributed by atoms with E-state index in [0.717, 1.165) is 6.42 Å². The van der Waals surface area contributed by atoms with E-state index in [0.29, 0.717) is 12.1 Å². The van der Waals surface area contributed by atoms with Crippen molar-refractivity contribution in [2.45, 2.75) is 37.6 Å². The standard InChI is InChI=1S/C9H17NO/c11-8-5-9(3-4-9)10-6-1-2-7-10/h11H,1-8H2. The van der Waals surface area contributed by atoms with E-state index in [1.54, 1.807) is 0 Å². The minimum Gasteiger partial charge on any atom is -0.396 e. The summed E-state index contributed by atoms with van der Waals surface area (Å²) in [6.45, 7) is 2.93. The number of rotatable bonds is 3. The van der Waals surface area contributed by atoms with Crippen LogP contribution in [0.1, 0.15) is 32.1 Å². The van der Waals surface area contributed by atoms with Gasteiger partial charge in [-0.25, -0.2) is 0 Å². The topological polar surface area (TPSA) is 23.5 Å². The maximum absolute atomic E-state index is 8.88. The predicted molar refractivity (Wildman–Crippen MR) is 44.5 cm³/mol. The second-order valence-electron chi connectivity index (χ2n) is 3.89. The van der Waals surface area contributed by atoms with Crippen molar-refractivity contribution in [1.29, 1.82) is 0 Å². The Morgan fingerprint density at radius 2 is 1.82 bits per heavy atom. The van der Waals surface area contributed by atoms with E-state index in [4.69, 9.17) is 5.11 Å². The van der Waals surface area contributed by atoms with Crippen molar-refractivity contribution in [3.8, 4) is 0 Å². The normalized spacial score (nSPS) is 29.2. The van der Waals surface area contributed by atoms with Gasteiger partial charge in [-0.1, -0.05) is 0 Å². The summed E-state index contributed by atoms with van der Waals surface area (Å²) in [5.41, 5.74) is 0.464. The summed E-state index contributed by atoms with van der Waals surface area (Å²) < 4.78 is 0. The number of aliphatic hydroxyl groups is 1. The number of likely N-dealkylation sites (tertiary alicyclic amines) is 1. The molecule has 0 aromatic carbocycles. The second-order valence-corrected chi connectivity index (χ2v) is 3.89. The van der Waals surface area contributed by atoms with E-state index in [-0.39, 0.29) is 0 Å². The molecule has 2 rings (SSSR count). The lowest BCUT2D eigenvalue weighted by Gasteiger charge is -2.26. The van der Waals surface area contributed by atoms with Gasteiger partial charge in [0.15, 0.2) is 0 Å². The Morgan fingerprint density at radius 1 is 1.18 bits per heavy atom. The van der Waals surface area contributed by atoms with Crippen molar-refractivity contribution in [2.75, 3.05) is 19.7 Å². The lowest BCUT2D eigenvalue weighted by atomic mass is 10.1. The van der Waals surface area contributed by atoms with Gasteiger partial charge in [0, 0.05) is 12.1 Å². The summed E-state index contributed by atoms with van der Waals surface area (Å²) in [6, 6.07) is 0. The third-order valence-corrected chi connectivity index (χ3v) is 3.18. The molecule has 64 valence electrons. The van der Waals surface area contributed by atoms with Crippen molar-refractivity contribution in [2.24, 2.45) is 0 Å². The number of hydrogen-bond acceptors (Lipinski definition) is 2. The molecule has 2 aliphatic rings. The highest BCUT2D eigenvalue weighted by Gasteiger charge is 2.47. The first kappa shape index (κ1) is 7.56. The molecule has 0 aromatic rings. The first-order valence-electron chi connectivity index (χ1n) is 4.73. The minimum atomic E-state index is 0.372. The van der Waals surface area contributed by atoms with Crippen molar-refractivity contribution in [3.05, 3.63) is 0 Å². The molecule has 1 aliphatic carbocycles. The average Bonchev–Trinajstić information content (AvgIpc) is 2.63. The van der Waals surface area contributed by atoms with Crippen LogP contribution in [-0.4, -0.2) is 35.2 Å². The van der Waals surface area contributed by atoms with E-state index >= 15 is 0 Å². The zero-order valence-corrected chi connectivity index (χ0v) is 7.05. The highest BCUT2D eigenvalue weighted by molar-refractivity contribution is 5.04. The minimum absolute atomic E-state index is 0.372. The molecule has 0 bridgehead atoms. The third kappa shape index (κ3) is 1.30. The lowest BCUT2D eigenvalue weighted by Crippen LogP contribution is -2.35. The van der Waals surface area contributed by atoms with Gasteiger partial charge in [0.2, 0.25) is 0 Å². The fourth-order valence-corrected chi connectivity index (χ4v) is 2.27. The molecule has 0 aromatic heterocycles. The smallest absolute Gasteiger partial charge is 0.0448 e. The molecular formula is C9H17NO. The monoisotopic (exact) mass is 155 g/mol. The van der Waals surface area contributed by atoms with Gasteiger partial charge in [-0.3, -0.25) is 4.90 Å². The molecule has 0 atom stereocenters. The SMILES string of the molecule is OCCC1(N2CCCC2)CC1. The van der Waals surface area contributed by atoms with Crippen LogP contribution in [-0.2, 0) is 0 Å². The zero-order chi connectivity index (χ0) is 7.73. The van der Waals surface area contributed by atoms with Crippen LogP contribution in [0.3, 0.4) is 0 Å². The Balaban J connectivity index is 1.91. The molecule has 0 radical (unpaired) electrons. The summed E-state index contributed by atoms with van der Waals surface area (Å²) in [4.78, 5) is 2.59. The van der Waals surface area contributed by atoms with E-state index in [1.165, 1.54) is 38.8 Å². The highest BCUT2D eigenvalue weighted by atomic mass is 16.3. The van der Waals surface area contributed by atoms with Crippen molar-refractivity contribution in [3.63, 3.8) is 0 Å². The van der Waals surface area contributed by atoms with Gasteiger partial charge in [0.25, 0.3) is 0 Å². The van der Waals surface area contributed by atoms with Gasteiger partial charge in [-0.2, -0.15) is 0 Å². The number of nitrogens with zero attached hydrogens (tertiary/aromatic N) is 1. The molecule has 2 fully saturated rings. The Bertz CT molecular complexity index is 136. The van der Waals surface area contributed by atoms with Crippen molar-refractivity contribution >= 4 is 0 Å². The van der Waals surface area contributed by atoms with E-state index in [1.807, 2.05) is 0 Å². The number of hydrogen-bond donors (Lipinski definition) is 1. The Labute approximate surface area is 68.2 Å². The van der Waals surface area contributed by atoms with Crippen LogP contribution in [0.4, 0.5) is 0 Å². The maximum Gasteiger partial charge on any atom is 0.0448 e. The van der Waals surface area contributed by atoms with Gasteiger partial charge >= 0.3 is 0 Å². The Morgan fingerprint density at radius 3 is 2.27 bits per heavy atom. The molecular weight excluding hydrogens is 138 g/mol. The van der Waals surface area contributed by atoms with Crippen LogP contribution in [0, 0.1) is 0 Å². The lowest BCUT2D eigenvalue weighted by molar-refractivity contribution is 0.167. The number of aliphatic hydroxyl groups excluding tert-OH is 1. The van der Waals surface area contributed by atoms with Gasteiger partial charge in [-0.05, 0) is 45.2 Å².